The maximum Gasteiger partial charge on any atom is 0.490 e. The van der Waals surface area contributed by atoms with Crippen LogP contribution in [-0.4, -0.2) is 64.3 Å². The molecule has 0 spiro atoms. The van der Waals surface area contributed by atoms with Crippen molar-refractivity contribution >= 4 is 39.3 Å². The Hall–Kier alpha value is -2.14. The molecule has 2 aliphatic rings. The fraction of sp³-hybridized carbons (Fsp3) is 0.632. The Morgan fingerprint density at radius 2 is 1.73 bits per heavy atom. The smallest absolute Gasteiger partial charge is 0.475 e. The number of carboxylic acid groups (broad SMARTS) is 1. The Labute approximate surface area is 176 Å². The Kier molecular flexibility index (Phi) is 6.71. The van der Waals surface area contributed by atoms with Crippen LogP contribution in [0.15, 0.2) is 0 Å². The van der Waals surface area contributed by atoms with E-state index in [1.54, 1.807) is 0 Å². The second kappa shape index (κ2) is 8.93. The Morgan fingerprint density at radius 3 is 2.30 bits per heavy atom. The standard InChI is InChI=1S/C17H25N5S.C2HF3O2/c1-11(2)21-7-9-22(10-8-21)16-15-14(19-17(18)20-16)12-5-3-4-6-13(12)23-15;3-2(4,5)1(6)7/h11H,3-10H2,1-2H3,(H2,18,19,20);(H,6,7). The number of anilines is 2. The first-order chi connectivity index (χ1) is 14.1. The molecule has 0 unspecified atom stereocenters. The van der Waals surface area contributed by atoms with Crippen LogP contribution < -0.4 is 10.6 Å². The number of rotatable bonds is 2. The summed E-state index contributed by atoms with van der Waals surface area (Å²) in [5.41, 5.74) is 8.61. The molecule has 0 saturated carbocycles. The number of carboxylic acids is 1. The number of halogens is 3. The summed E-state index contributed by atoms with van der Waals surface area (Å²) in [4.78, 5) is 24.5. The molecule has 2 aromatic heterocycles. The van der Waals surface area contributed by atoms with Gasteiger partial charge >= 0.3 is 12.1 Å². The predicted octanol–water partition coefficient (Wildman–Crippen LogP) is 3.32. The van der Waals surface area contributed by atoms with E-state index in [0.717, 1.165) is 43.9 Å². The number of nitrogens with two attached hydrogens (primary N) is 1. The minimum atomic E-state index is -5.08. The molecule has 1 fully saturated rings. The highest BCUT2D eigenvalue weighted by atomic mass is 32.1. The van der Waals surface area contributed by atoms with Gasteiger partial charge in [0.2, 0.25) is 5.95 Å². The van der Waals surface area contributed by atoms with E-state index in [9.17, 15) is 13.2 Å². The second-order valence-corrected chi connectivity index (χ2v) is 8.82. The van der Waals surface area contributed by atoms with E-state index >= 15 is 0 Å². The molecule has 7 nitrogen and oxygen atoms in total. The van der Waals surface area contributed by atoms with Gasteiger partial charge < -0.3 is 15.7 Å². The van der Waals surface area contributed by atoms with Crippen LogP contribution in [0.3, 0.4) is 0 Å². The normalized spacial score (nSPS) is 17.6. The Morgan fingerprint density at radius 1 is 1.13 bits per heavy atom. The van der Waals surface area contributed by atoms with Crippen LogP contribution in [0.1, 0.15) is 37.1 Å². The number of aliphatic carboxylic acids is 1. The maximum absolute atomic E-state index is 10.6. The minimum Gasteiger partial charge on any atom is -0.475 e. The average molecular weight is 446 g/mol. The summed E-state index contributed by atoms with van der Waals surface area (Å²) in [5, 5.41) is 7.12. The number of carbonyl (C=O) groups is 1. The van der Waals surface area contributed by atoms with Crippen molar-refractivity contribution in [2.45, 2.75) is 51.7 Å². The summed E-state index contributed by atoms with van der Waals surface area (Å²) < 4.78 is 33.0. The van der Waals surface area contributed by atoms with E-state index in [4.69, 9.17) is 15.6 Å². The number of nitrogens with zero attached hydrogens (tertiary/aromatic N) is 4. The van der Waals surface area contributed by atoms with E-state index < -0.39 is 12.1 Å². The molecule has 30 heavy (non-hydrogen) atoms. The molecule has 0 radical (unpaired) electrons. The SMILES string of the molecule is CC(C)N1CCN(c2nc(N)nc3c4c(sc23)CCCC4)CC1.O=C(O)C(F)(F)F. The van der Waals surface area contributed by atoms with E-state index in [2.05, 4.69) is 33.6 Å². The summed E-state index contributed by atoms with van der Waals surface area (Å²) in [7, 11) is 0. The van der Waals surface area contributed by atoms with Gasteiger partial charge in [0.15, 0.2) is 5.82 Å². The number of hydrogen-bond donors (Lipinski definition) is 2. The number of aryl methyl sites for hydroxylation is 2. The van der Waals surface area contributed by atoms with Crippen molar-refractivity contribution in [3.63, 3.8) is 0 Å². The molecular formula is C19H26F3N5O2S. The summed E-state index contributed by atoms with van der Waals surface area (Å²) in [6.45, 7) is 8.76. The molecule has 11 heteroatoms. The quantitative estimate of drug-likeness (QED) is 0.732. The van der Waals surface area contributed by atoms with Crippen LogP contribution in [0.2, 0.25) is 0 Å². The number of hydrogen-bond acceptors (Lipinski definition) is 7. The molecule has 2 aromatic rings. The fourth-order valence-corrected chi connectivity index (χ4v) is 5.13. The lowest BCUT2D eigenvalue weighted by atomic mass is 9.98. The number of piperazine rings is 1. The van der Waals surface area contributed by atoms with E-state index in [0.29, 0.717) is 12.0 Å². The van der Waals surface area contributed by atoms with E-state index in [1.807, 2.05) is 11.3 Å². The summed E-state index contributed by atoms with van der Waals surface area (Å²) in [6, 6.07) is 0.613. The van der Waals surface area contributed by atoms with Crippen molar-refractivity contribution in [2.24, 2.45) is 0 Å². The van der Waals surface area contributed by atoms with Crippen LogP contribution >= 0.6 is 11.3 Å². The van der Waals surface area contributed by atoms with Crippen LogP contribution in [-0.2, 0) is 17.6 Å². The third kappa shape index (κ3) is 4.94. The van der Waals surface area contributed by atoms with Gasteiger partial charge in [-0.25, -0.2) is 9.78 Å². The topological polar surface area (TPSA) is 95.6 Å². The maximum atomic E-state index is 10.6. The molecule has 3 N–H and O–H groups in total. The molecule has 1 aliphatic carbocycles. The zero-order chi connectivity index (χ0) is 22.1. The Bertz CT molecular complexity index is 908. The van der Waals surface area contributed by atoms with Gasteiger partial charge in [0.05, 0.1) is 10.2 Å². The average Bonchev–Trinajstić information content (AvgIpc) is 3.06. The van der Waals surface area contributed by atoms with Gasteiger partial charge in [-0.05, 0) is 45.1 Å². The first-order valence-electron chi connectivity index (χ1n) is 9.94. The van der Waals surface area contributed by atoms with Gasteiger partial charge in [0, 0.05) is 37.1 Å². The Balaban J connectivity index is 0.000000318. The zero-order valence-electron chi connectivity index (χ0n) is 17.0. The first-order valence-corrected chi connectivity index (χ1v) is 10.8. The highest BCUT2D eigenvalue weighted by Gasteiger charge is 2.38. The number of nitrogen functional groups attached to an aromatic ring is 1. The van der Waals surface area contributed by atoms with Gasteiger partial charge in [0.1, 0.15) is 0 Å². The molecule has 1 aliphatic heterocycles. The monoisotopic (exact) mass is 445 g/mol. The largest absolute Gasteiger partial charge is 0.490 e. The lowest BCUT2D eigenvalue weighted by Crippen LogP contribution is -2.49. The lowest BCUT2D eigenvalue weighted by molar-refractivity contribution is -0.192. The van der Waals surface area contributed by atoms with Crippen LogP contribution in [0.25, 0.3) is 10.2 Å². The number of aromatic nitrogens is 2. The highest BCUT2D eigenvalue weighted by molar-refractivity contribution is 7.19. The zero-order valence-corrected chi connectivity index (χ0v) is 17.8. The van der Waals surface area contributed by atoms with Gasteiger partial charge in [-0.15, -0.1) is 11.3 Å². The second-order valence-electron chi connectivity index (χ2n) is 7.71. The van der Waals surface area contributed by atoms with E-state index in [-0.39, 0.29) is 0 Å². The van der Waals surface area contributed by atoms with Gasteiger partial charge in [0.25, 0.3) is 0 Å². The number of thiophene rings is 1. The van der Waals surface area contributed by atoms with Crippen molar-refractivity contribution in [1.29, 1.82) is 0 Å². The third-order valence-electron chi connectivity index (χ3n) is 5.38. The van der Waals surface area contributed by atoms with Gasteiger partial charge in [-0.1, -0.05) is 0 Å². The van der Waals surface area contributed by atoms with Crippen LogP contribution in [0.4, 0.5) is 24.9 Å². The molecular weight excluding hydrogens is 419 g/mol. The highest BCUT2D eigenvalue weighted by Crippen LogP contribution is 2.40. The molecule has 0 atom stereocenters. The minimum absolute atomic E-state index is 0.421. The summed E-state index contributed by atoms with van der Waals surface area (Å²) in [6.07, 6.45) is -0.181. The third-order valence-corrected chi connectivity index (χ3v) is 6.66. The van der Waals surface area contributed by atoms with Crippen LogP contribution in [0, 0.1) is 0 Å². The fourth-order valence-electron chi connectivity index (χ4n) is 3.78. The molecule has 0 aromatic carbocycles. The van der Waals surface area contributed by atoms with Crippen molar-refractivity contribution in [1.82, 2.24) is 14.9 Å². The molecule has 166 valence electrons. The lowest BCUT2D eigenvalue weighted by Gasteiger charge is -2.37. The number of alkyl halides is 3. The molecule has 1 saturated heterocycles. The van der Waals surface area contributed by atoms with Crippen molar-refractivity contribution in [2.75, 3.05) is 36.8 Å². The molecule has 0 bridgehead atoms. The summed E-state index contributed by atoms with van der Waals surface area (Å²) >= 11 is 1.90. The molecule has 0 amide bonds. The predicted molar refractivity (Wildman–Crippen MR) is 111 cm³/mol. The molecule has 4 rings (SSSR count). The van der Waals surface area contributed by atoms with Crippen molar-refractivity contribution in [3.8, 4) is 0 Å². The number of fused-ring (bicyclic) bond motifs is 3. The van der Waals surface area contributed by atoms with Gasteiger partial charge in [-0.2, -0.15) is 18.2 Å². The van der Waals surface area contributed by atoms with Gasteiger partial charge in [-0.3, -0.25) is 4.90 Å². The molecule has 3 heterocycles. The van der Waals surface area contributed by atoms with Crippen LogP contribution in [0.5, 0.6) is 0 Å². The van der Waals surface area contributed by atoms with E-state index in [1.165, 1.54) is 34.4 Å². The van der Waals surface area contributed by atoms with Crippen molar-refractivity contribution in [3.05, 3.63) is 10.4 Å². The first kappa shape index (κ1) is 22.5. The summed E-state index contributed by atoms with van der Waals surface area (Å²) in [5.74, 6) is -1.27. The van der Waals surface area contributed by atoms with Crippen molar-refractivity contribution < 1.29 is 23.1 Å².